The Kier molecular flexibility index (Phi) is 6.50. The lowest BCUT2D eigenvalue weighted by molar-refractivity contribution is 0.305. The zero-order chi connectivity index (χ0) is 10.1. The van der Waals surface area contributed by atoms with Crippen molar-refractivity contribution in [2.45, 2.75) is 25.7 Å². The molecule has 0 fully saturated rings. The van der Waals surface area contributed by atoms with E-state index in [9.17, 15) is 0 Å². The Labute approximate surface area is 94.6 Å². The molecule has 0 unspecified atom stereocenters. The Morgan fingerprint density at radius 2 is 1.79 bits per heavy atom. The third-order valence-corrected chi connectivity index (χ3v) is 2.55. The van der Waals surface area contributed by atoms with Crippen LogP contribution < -0.4 is 4.74 Å². The lowest BCUT2D eigenvalue weighted by Crippen LogP contribution is -1.96. The van der Waals surface area contributed by atoms with Gasteiger partial charge in [0.2, 0.25) is 0 Å². The maximum atomic E-state index is 5.55. The molecule has 0 heterocycles. The number of halogens is 1. The summed E-state index contributed by atoms with van der Waals surface area (Å²) >= 11 is 3.42. The zero-order valence-corrected chi connectivity index (χ0v) is 9.92. The average Bonchev–Trinajstić information content (AvgIpc) is 2.25. The van der Waals surface area contributed by atoms with Gasteiger partial charge in [-0.2, -0.15) is 0 Å². The van der Waals surface area contributed by atoms with Gasteiger partial charge in [-0.15, -0.1) is 0 Å². The SMILES string of the molecule is BrCCCCCCOc1cc[c]cc1. The van der Waals surface area contributed by atoms with E-state index >= 15 is 0 Å². The molecule has 0 bridgehead atoms. The van der Waals surface area contributed by atoms with E-state index in [1.807, 2.05) is 24.3 Å². The van der Waals surface area contributed by atoms with Crippen LogP contribution in [0.3, 0.4) is 0 Å². The lowest BCUT2D eigenvalue weighted by atomic mass is 10.2. The van der Waals surface area contributed by atoms with Crippen molar-refractivity contribution in [1.29, 1.82) is 0 Å². The monoisotopic (exact) mass is 255 g/mol. The molecule has 77 valence electrons. The summed E-state index contributed by atoms with van der Waals surface area (Å²) in [5, 5.41) is 1.11. The van der Waals surface area contributed by atoms with E-state index in [2.05, 4.69) is 22.0 Å². The van der Waals surface area contributed by atoms with Gasteiger partial charge in [0.05, 0.1) is 6.61 Å². The van der Waals surface area contributed by atoms with Gasteiger partial charge in [0.25, 0.3) is 0 Å². The number of benzene rings is 1. The summed E-state index contributed by atoms with van der Waals surface area (Å²) in [5.41, 5.74) is 0. The highest BCUT2D eigenvalue weighted by molar-refractivity contribution is 9.09. The van der Waals surface area contributed by atoms with Crippen LogP contribution in [0, 0.1) is 6.07 Å². The van der Waals surface area contributed by atoms with Gasteiger partial charge < -0.3 is 4.74 Å². The molecule has 0 aromatic heterocycles. The fraction of sp³-hybridized carbons (Fsp3) is 0.500. The van der Waals surface area contributed by atoms with Crippen molar-refractivity contribution in [3.63, 3.8) is 0 Å². The van der Waals surface area contributed by atoms with E-state index in [0.29, 0.717) is 0 Å². The molecule has 0 aliphatic heterocycles. The molecule has 1 aromatic rings. The van der Waals surface area contributed by atoms with Crippen molar-refractivity contribution in [2.24, 2.45) is 0 Å². The Hall–Kier alpha value is -0.500. The highest BCUT2D eigenvalue weighted by atomic mass is 79.9. The standard InChI is InChI=1S/C12H16BrO/c13-10-6-1-2-7-11-14-12-8-4-3-5-9-12/h4-5,8-9H,1-2,6-7,10-11H2. The second kappa shape index (κ2) is 7.86. The van der Waals surface area contributed by atoms with Crippen molar-refractivity contribution in [2.75, 3.05) is 11.9 Å². The fourth-order valence-electron chi connectivity index (χ4n) is 1.21. The first-order chi connectivity index (χ1) is 6.93. The minimum absolute atomic E-state index is 0.826. The van der Waals surface area contributed by atoms with Crippen LogP contribution in [-0.2, 0) is 0 Å². The van der Waals surface area contributed by atoms with E-state index in [1.165, 1.54) is 19.3 Å². The molecule has 0 saturated carbocycles. The summed E-state index contributed by atoms with van der Waals surface area (Å²) in [6, 6.07) is 10.6. The summed E-state index contributed by atoms with van der Waals surface area (Å²) in [7, 11) is 0. The van der Waals surface area contributed by atoms with Crippen LogP contribution in [0.4, 0.5) is 0 Å². The van der Waals surface area contributed by atoms with E-state index in [4.69, 9.17) is 4.74 Å². The van der Waals surface area contributed by atoms with Gasteiger partial charge in [-0.3, -0.25) is 0 Å². The summed E-state index contributed by atoms with van der Waals surface area (Å²) in [6.45, 7) is 0.826. The molecule has 0 spiro atoms. The van der Waals surface area contributed by atoms with E-state index in [-0.39, 0.29) is 0 Å². The number of hydrogen-bond acceptors (Lipinski definition) is 1. The molecule has 2 heteroatoms. The van der Waals surface area contributed by atoms with Gasteiger partial charge in [-0.05, 0) is 31.0 Å². The molecule has 0 N–H and O–H groups in total. The van der Waals surface area contributed by atoms with Crippen LogP contribution in [-0.4, -0.2) is 11.9 Å². The van der Waals surface area contributed by atoms with Crippen LogP contribution >= 0.6 is 15.9 Å². The molecule has 14 heavy (non-hydrogen) atoms. The third-order valence-electron chi connectivity index (χ3n) is 1.98. The fourth-order valence-corrected chi connectivity index (χ4v) is 1.60. The Morgan fingerprint density at radius 1 is 1.07 bits per heavy atom. The van der Waals surface area contributed by atoms with Crippen molar-refractivity contribution in [3.8, 4) is 5.75 Å². The molecular formula is C12H16BrO. The molecule has 1 radical (unpaired) electrons. The maximum Gasteiger partial charge on any atom is 0.119 e. The molecule has 1 rings (SSSR count). The number of unbranched alkanes of at least 4 members (excludes halogenated alkanes) is 3. The van der Waals surface area contributed by atoms with Gasteiger partial charge in [-0.25, -0.2) is 0 Å². The zero-order valence-electron chi connectivity index (χ0n) is 8.34. The van der Waals surface area contributed by atoms with Gasteiger partial charge >= 0.3 is 0 Å². The minimum atomic E-state index is 0.826. The summed E-state index contributed by atoms with van der Waals surface area (Å²) in [6.07, 6.45) is 4.95. The second-order valence-electron chi connectivity index (χ2n) is 3.19. The summed E-state index contributed by atoms with van der Waals surface area (Å²) in [4.78, 5) is 0. The predicted octanol–water partition coefficient (Wildman–Crippen LogP) is 3.82. The minimum Gasteiger partial charge on any atom is -0.494 e. The molecule has 0 amide bonds. The first kappa shape index (κ1) is 11.6. The van der Waals surface area contributed by atoms with Crippen LogP contribution in [0.25, 0.3) is 0 Å². The average molecular weight is 256 g/mol. The first-order valence-corrected chi connectivity index (χ1v) is 6.20. The number of hydrogen-bond donors (Lipinski definition) is 0. The first-order valence-electron chi connectivity index (χ1n) is 5.08. The van der Waals surface area contributed by atoms with Crippen molar-refractivity contribution >= 4 is 15.9 Å². The van der Waals surface area contributed by atoms with Gasteiger partial charge in [0.1, 0.15) is 5.75 Å². The Morgan fingerprint density at radius 3 is 2.50 bits per heavy atom. The van der Waals surface area contributed by atoms with Crippen LogP contribution in [0.15, 0.2) is 24.3 Å². The molecular weight excluding hydrogens is 240 g/mol. The van der Waals surface area contributed by atoms with Gasteiger partial charge in [-0.1, -0.05) is 40.9 Å². The summed E-state index contributed by atoms with van der Waals surface area (Å²) in [5.74, 6) is 0.948. The lowest BCUT2D eigenvalue weighted by Gasteiger charge is -2.04. The van der Waals surface area contributed by atoms with Crippen molar-refractivity contribution in [3.05, 3.63) is 30.3 Å². The normalized spacial score (nSPS) is 10.1. The smallest absolute Gasteiger partial charge is 0.119 e. The highest BCUT2D eigenvalue weighted by Crippen LogP contribution is 2.09. The van der Waals surface area contributed by atoms with Gasteiger partial charge in [0, 0.05) is 5.33 Å². The summed E-state index contributed by atoms with van der Waals surface area (Å²) < 4.78 is 5.55. The largest absolute Gasteiger partial charge is 0.494 e. The van der Waals surface area contributed by atoms with Crippen LogP contribution in [0.1, 0.15) is 25.7 Å². The van der Waals surface area contributed by atoms with Crippen LogP contribution in [0.5, 0.6) is 5.75 Å². The number of ether oxygens (including phenoxy) is 1. The molecule has 0 saturated heterocycles. The molecule has 0 aliphatic carbocycles. The van der Waals surface area contributed by atoms with E-state index < -0.39 is 0 Å². The maximum absolute atomic E-state index is 5.55. The Balaban J connectivity index is 1.99. The second-order valence-corrected chi connectivity index (χ2v) is 3.98. The Bertz CT molecular complexity index is 223. The quantitative estimate of drug-likeness (QED) is 0.532. The molecule has 1 aromatic carbocycles. The predicted molar refractivity (Wildman–Crippen MR) is 63.0 cm³/mol. The number of alkyl halides is 1. The third kappa shape index (κ3) is 5.28. The number of rotatable bonds is 7. The highest BCUT2D eigenvalue weighted by Gasteiger charge is 1.92. The van der Waals surface area contributed by atoms with Crippen molar-refractivity contribution < 1.29 is 4.74 Å². The van der Waals surface area contributed by atoms with E-state index in [1.54, 1.807) is 0 Å². The topological polar surface area (TPSA) is 9.23 Å². The molecule has 1 nitrogen and oxygen atoms in total. The van der Waals surface area contributed by atoms with Crippen LogP contribution in [0.2, 0.25) is 0 Å². The van der Waals surface area contributed by atoms with E-state index in [0.717, 1.165) is 24.1 Å². The van der Waals surface area contributed by atoms with Gasteiger partial charge in [0.15, 0.2) is 0 Å². The molecule has 0 atom stereocenters. The molecule has 0 aliphatic rings. The van der Waals surface area contributed by atoms with Crippen molar-refractivity contribution in [1.82, 2.24) is 0 Å².